The maximum absolute atomic E-state index is 4.77. The van der Waals surface area contributed by atoms with Crippen molar-refractivity contribution in [3.05, 3.63) is 41.1 Å². The van der Waals surface area contributed by atoms with Gasteiger partial charge in [0.15, 0.2) is 0 Å². The number of rotatable bonds is 4. The minimum absolute atomic E-state index is 0.703. The predicted molar refractivity (Wildman–Crippen MR) is 96.7 cm³/mol. The van der Waals surface area contributed by atoms with E-state index in [0.717, 1.165) is 36.7 Å². The molecule has 2 heterocycles. The average molecular weight is 310 g/mol. The Morgan fingerprint density at radius 1 is 1.09 bits per heavy atom. The van der Waals surface area contributed by atoms with Gasteiger partial charge in [-0.25, -0.2) is 4.98 Å². The zero-order valence-corrected chi connectivity index (χ0v) is 14.4. The van der Waals surface area contributed by atoms with Crippen LogP contribution in [0.15, 0.2) is 24.3 Å². The highest BCUT2D eigenvalue weighted by Crippen LogP contribution is 2.26. The van der Waals surface area contributed by atoms with Crippen molar-refractivity contribution in [2.45, 2.75) is 46.5 Å². The summed E-state index contributed by atoms with van der Waals surface area (Å²) >= 11 is 0. The number of para-hydroxylation sites is 1. The van der Waals surface area contributed by atoms with Gasteiger partial charge in [0.1, 0.15) is 5.82 Å². The maximum atomic E-state index is 4.77. The summed E-state index contributed by atoms with van der Waals surface area (Å²) in [6.45, 7) is 8.54. The first-order chi connectivity index (χ1) is 11.2. The third kappa shape index (κ3) is 3.63. The summed E-state index contributed by atoms with van der Waals surface area (Å²) in [5.74, 6) is 1.75. The van der Waals surface area contributed by atoms with Crippen molar-refractivity contribution in [1.82, 2.24) is 9.97 Å². The minimum atomic E-state index is 0.703. The van der Waals surface area contributed by atoms with Crippen LogP contribution in [0.1, 0.15) is 43.0 Å². The first-order valence-electron chi connectivity index (χ1n) is 8.63. The summed E-state index contributed by atoms with van der Waals surface area (Å²) in [4.78, 5) is 11.7. The number of aromatic nitrogens is 2. The van der Waals surface area contributed by atoms with Crippen molar-refractivity contribution in [2.24, 2.45) is 0 Å². The Morgan fingerprint density at radius 2 is 1.87 bits per heavy atom. The molecule has 0 saturated carbocycles. The molecular formula is C19H26N4. The van der Waals surface area contributed by atoms with Crippen molar-refractivity contribution < 1.29 is 0 Å². The van der Waals surface area contributed by atoms with Gasteiger partial charge in [0.05, 0.1) is 0 Å². The number of piperidine rings is 1. The quantitative estimate of drug-likeness (QED) is 0.909. The van der Waals surface area contributed by atoms with E-state index >= 15 is 0 Å². The van der Waals surface area contributed by atoms with Gasteiger partial charge < -0.3 is 10.2 Å². The van der Waals surface area contributed by atoms with Crippen molar-refractivity contribution in [3.8, 4) is 0 Å². The molecule has 1 aliphatic rings. The molecule has 0 spiro atoms. The molecule has 23 heavy (non-hydrogen) atoms. The Morgan fingerprint density at radius 3 is 2.61 bits per heavy atom. The van der Waals surface area contributed by atoms with Crippen LogP contribution in [0.4, 0.5) is 17.5 Å². The van der Waals surface area contributed by atoms with Gasteiger partial charge >= 0.3 is 0 Å². The van der Waals surface area contributed by atoms with Gasteiger partial charge in [0, 0.05) is 30.5 Å². The molecule has 1 aromatic heterocycles. The normalized spacial score (nSPS) is 14.8. The highest BCUT2D eigenvalue weighted by atomic mass is 15.2. The Hall–Kier alpha value is -2.10. The molecule has 0 unspecified atom stereocenters. The fourth-order valence-corrected chi connectivity index (χ4v) is 3.21. The second kappa shape index (κ2) is 6.99. The van der Waals surface area contributed by atoms with Crippen LogP contribution < -0.4 is 10.2 Å². The molecule has 122 valence electrons. The maximum Gasteiger partial charge on any atom is 0.229 e. The number of hydrogen-bond acceptors (Lipinski definition) is 4. The highest BCUT2D eigenvalue weighted by Gasteiger charge is 2.14. The van der Waals surface area contributed by atoms with E-state index in [2.05, 4.69) is 53.3 Å². The third-order valence-corrected chi connectivity index (χ3v) is 4.50. The van der Waals surface area contributed by atoms with Gasteiger partial charge in [-0.2, -0.15) is 4.98 Å². The second-order valence-electron chi connectivity index (χ2n) is 6.33. The van der Waals surface area contributed by atoms with Crippen LogP contribution >= 0.6 is 0 Å². The van der Waals surface area contributed by atoms with E-state index in [0.29, 0.717) is 5.95 Å². The van der Waals surface area contributed by atoms with E-state index in [1.54, 1.807) is 0 Å². The lowest BCUT2D eigenvalue weighted by molar-refractivity contribution is 0.573. The molecule has 0 bridgehead atoms. The van der Waals surface area contributed by atoms with E-state index < -0.39 is 0 Å². The Labute approximate surface area is 139 Å². The van der Waals surface area contributed by atoms with Crippen molar-refractivity contribution in [1.29, 1.82) is 0 Å². The first-order valence-corrected chi connectivity index (χ1v) is 8.63. The summed E-state index contributed by atoms with van der Waals surface area (Å²) in [6, 6.07) is 8.49. The minimum Gasteiger partial charge on any atom is -0.356 e. The van der Waals surface area contributed by atoms with Gasteiger partial charge in [-0.15, -0.1) is 0 Å². The predicted octanol–water partition coefficient (Wildman–Crippen LogP) is 4.39. The fraction of sp³-hybridized carbons (Fsp3) is 0.474. The van der Waals surface area contributed by atoms with Gasteiger partial charge in [-0.05, 0) is 50.7 Å². The average Bonchev–Trinajstić information content (AvgIpc) is 2.57. The van der Waals surface area contributed by atoms with E-state index in [1.807, 2.05) is 6.92 Å². The highest BCUT2D eigenvalue weighted by molar-refractivity contribution is 5.64. The molecule has 1 fully saturated rings. The standard InChI is InChI=1S/C19H26N4/c1-4-16-10-8-9-14(2)18(16)22-19-20-15(3)13-17(21-19)23-11-6-5-7-12-23/h8-10,13H,4-7,11-12H2,1-3H3,(H,20,21,22). The van der Waals surface area contributed by atoms with Gasteiger partial charge in [0.2, 0.25) is 5.95 Å². The number of anilines is 3. The molecule has 0 atom stereocenters. The van der Waals surface area contributed by atoms with Gasteiger partial charge in [0.25, 0.3) is 0 Å². The number of aryl methyl sites for hydroxylation is 3. The number of benzene rings is 1. The van der Waals surface area contributed by atoms with Crippen LogP contribution in [0.2, 0.25) is 0 Å². The molecule has 0 amide bonds. The third-order valence-electron chi connectivity index (χ3n) is 4.50. The van der Waals surface area contributed by atoms with E-state index in [9.17, 15) is 0 Å². The molecule has 3 rings (SSSR count). The van der Waals surface area contributed by atoms with E-state index in [4.69, 9.17) is 4.98 Å². The summed E-state index contributed by atoms with van der Waals surface area (Å²) in [6.07, 6.45) is 4.83. The molecular weight excluding hydrogens is 284 g/mol. The van der Waals surface area contributed by atoms with Crippen LogP contribution in [0.5, 0.6) is 0 Å². The second-order valence-corrected chi connectivity index (χ2v) is 6.33. The lowest BCUT2D eigenvalue weighted by atomic mass is 10.1. The van der Waals surface area contributed by atoms with Crippen molar-refractivity contribution >= 4 is 17.5 Å². The SMILES string of the molecule is CCc1cccc(C)c1Nc1nc(C)cc(N2CCCCC2)n1. The molecule has 1 aromatic carbocycles. The van der Waals surface area contributed by atoms with Crippen LogP contribution in [-0.4, -0.2) is 23.1 Å². The monoisotopic (exact) mass is 310 g/mol. The summed E-state index contributed by atoms with van der Waals surface area (Å²) in [7, 11) is 0. The summed E-state index contributed by atoms with van der Waals surface area (Å²) in [5.41, 5.74) is 4.68. The molecule has 1 aliphatic heterocycles. The van der Waals surface area contributed by atoms with Crippen LogP contribution in [-0.2, 0) is 6.42 Å². The smallest absolute Gasteiger partial charge is 0.229 e. The van der Waals surface area contributed by atoms with Gasteiger partial charge in [-0.1, -0.05) is 25.1 Å². The molecule has 0 radical (unpaired) electrons. The Bertz CT molecular complexity index is 675. The van der Waals surface area contributed by atoms with Crippen LogP contribution in [0.25, 0.3) is 0 Å². The molecule has 4 heteroatoms. The van der Waals surface area contributed by atoms with Crippen LogP contribution in [0.3, 0.4) is 0 Å². The van der Waals surface area contributed by atoms with Crippen molar-refractivity contribution in [3.63, 3.8) is 0 Å². The summed E-state index contributed by atoms with van der Waals surface area (Å²) < 4.78 is 0. The van der Waals surface area contributed by atoms with Crippen molar-refractivity contribution in [2.75, 3.05) is 23.3 Å². The number of nitrogens with zero attached hydrogens (tertiary/aromatic N) is 3. The molecule has 0 aliphatic carbocycles. The topological polar surface area (TPSA) is 41.1 Å². The zero-order valence-electron chi connectivity index (χ0n) is 14.4. The van der Waals surface area contributed by atoms with E-state index in [-0.39, 0.29) is 0 Å². The fourth-order valence-electron chi connectivity index (χ4n) is 3.21. The molecule has 1 N–H and O–H groups in total. The Kier molecular flexibility index (Phi) is 4.79. The summed E-state index contributed by atoms with van der Waals surface area (Å²) in [5, 5.41) is 3.46. The first kappa shape index (κ1) is 15.8. The number of hydrogen-bond donors (Lipinski definition) is 1. The van der Waals surface area contributed by atoms with E-state index in [1.165, 1.54) is 30.4 Å². The number of nitrogens with one attached hydrogen (secondary N) is 1. The Balaban J connectivity index is 1.90. The molecule has 2 aromatic rings. The van der Waals surface area contributed by atoms with Gasteiger partial charge in [-0.3, -0.25) is 0 Å². The molecule has 4 nitrogen and oxygen atoms in total. The zero-order chi connectivity index (χ0) is 16.2. The lowest BCUT2D eigenvalue weighted by Gasteiger charge is -2.28. The van der Waals surface area contributed by atoms with Crippen LogP contribution in [0, 0.1) is 13.8 Å². The largest absolute Gasteiger partial charge is 0.356 e. The molecule has 1 saturated heterocycles. The lowest BCUT2D eigenvalue weighted by Crippen LogP contribution is -2.30.